The van der Waals surface area contributed by atoms with Gasteiger partial charge in [-0.05, 0) is 25.3 Å². The van der Waals surface area contributed by atoms with Crippen molar-refractivity contribution in [2.45, 2.75) is 0 Å². The lowest BCUT2D eigenvalue weighted by molar-refractivity contribution is 0.847. The summed E-state index contributed by atoms with van der Waals surface area (Å²) in [7, 11) is 3.59. The summed E-state index contributed by atoms with van der Waals surface area (Å²) in [5.74, 6) is 0. The fraction of sp³-hybridized carbons (Fsp3) is 0.667. The molecule has 0 aliphatic carbocycles. The third kappa shape index (κ3) is 4.17. The Bertz CT molecular complexity index is 122. The van der Waals surface area contributed by atoms with Gasteiger partial charge in [-0.15, -0.1) is 4.91 Å². The molecule has 0 rings (SSSR count). The maximum atomic E-state index is 10.0. The van der Waals surface area contributed by atoms with Crippen LogP contribution in [0.5, 0.6) is 0 Å². The second kappa shape index (κ2) is 6.38. The number of nitroso groups, excluding NO2 is 1. The molecule has 0 aromatic carbocycles. The van der Waals surface area contributed by atoms with Crippen molar-refractivity contribution in [2.75, 3.05) is 27.2 Å². The van der Waals surface area contributed by atoms with Crippen LogP contribution in [-0.2, 0) is 0 Å². The molecule has 0 spiro atoms. The van der Waals surface area contributed by atoms with Crippen molar-refractivity contribution in [2.24, 2.45) is 5.18 Å². The third-order valence-corrected chi connectivity index (χ3v) is 1.02. The van der Waals surface area contributed by atoms with E-state index in [2.05, 4.69) is 15.8 Å². The molecular formula is C6H13N3O. The van der Waals surface area contributed by atoms with Gasteiger partial charge in [0.1, 0.15) is 0 Å². The highest BCUT2D eigenvalue weighted by Crippen LogP contribution is 1.90. The minimum absolute atomic E-state index is 0.533. The zero-order valence-electron chi connectivity index (χ0n) is 6.35. The molecule has 0 aliphatic heterocycles. The number of nitrogens with zero attached hydrogens (tertiary/aromatic N) is 1. The molecule has 0 saturated heterocycles. The number of rotatable bonds is 5. The molecule has 0 amide bonds. The zero-order chi connectivity index (χ0) is 7.82. The van der Waals surface area contributed by atoms with Crippen LogP contribution in [0.1, 0.15) is 0 Å². The van der Waals surface area contributed by atoms with Crippen LogP contribution >= 0.6 is 0 Å². The Morgan fingerprint density at radius 1 is 1.50 bits per heavy atom. The van der Waals surface area contributed by atoms with Crippen LogP contribution in [0.25, 0.3) is 0 Å². The summed E-state index contributed by atoms with van der Waals surface area (Å²) in [6, 6.07) is 0. The van der Waals surface area contributed by atoms with E-state index in [1.54, 1.807) is 13.1 Å². The molecule has 0 aromatic heterocycles. The highest BCUT2D eigenvalue weighted by molar-refractivity contribution is 5.02. The van der Waals surface area contributed by atoms with Crippen LogP contribution in [-0.4, -0.2) is 27.2 Å². The van der Waals surface area contributed by atoms with E-state index in [9.17, 15) is 4.91 Å². The first-order valence-corrected chi connectivity index (χ1v) is 3.16. The summed E-state index contributed by atoms with van der Waals surface area (Å²) in [6.45, 7) is 1.22. The van der Waals surface area contributed by atoms with Crippen LogP contribution in [0.4, 0.5) is 0 Å². The van der Waals surface area contributed by atoms with Gasteiger partial charge in [0.2, 0.25) is 0 Å². The third-order valence-electron chi connectivity index (χ3n) is 1.02. The molecule has 0 saturated carbocycles. The Balaban J connectivity index is 3.66. The van der Waals surface area contributed by atoms with Gasteiger partial charge in [-0.25, -0.2) is 0 Å². The highest BCUT2D eigenvalue weighted by atomic mass is 16.3. The topological polar surface area (TPSA) is 53.5 Å². The van der Waals surface area contributed by atoms with Gasteiger partial charge < -0.3 is 10.6 Å². The second-order valence-corrected chi connectivity index (χ2v) is 1.87. The molecule has 0 aliphatic rings. The lowest BCUT2D eigenvalue weighted by Crippen LogP contribution is -2.11. The summed E-state index contributed by atoms with van der Waals surface area (Å²) < 4.78 is 0. The highest BCUT2D eigenvalue weighted by Gasteiger charge is 1.91. The van der Waals surface area contributed by atoms with Crippen molar-refractivity contribution >= 4 is 0 Å². The molecule has 0 fully saturated rings. The Labute approximate surface area is 60.7 Å². The number of hydrogen-bond acceptors (Lipinski definition) is 4. The lowest BCUT2D eigenvalue weighted by Gasteiger charge is -1.95. The first-order chi connectivity index (χ1) is 4.85. The fourth-order valence-corrected chi connectivity index (χ4v) is 0.543. The Hall–Kier alpha value is -0.740. The van der Waals surface area contributed by atoms with Crippen LogP contribution in [0.15, 0.2) is 16.9 Å². The van der Waals surface area contributed by atoms with Gasteiger partial charge in [0.15, 0.2) is 0 Å². The number of likely N-dealkylation sites (N-methyl/N-ethyl adjacent to an activating group) is 2. The Kier molecular flexibility index (Phi) is 5.91. The van der Waals surface area contributed by atoms with Crippen molar-refractivity contribution in [3.05, 3.63) is 16.7 Å². The molecule has 0 unspecified atom stereocenters. The van der Waals surface area contributed by atoms with E-state index in [1.165, 1.54) is 0 Å². The molecule has 10 heavy (non-hydrogen) atoms. The largest absolute Gasteiger partial charge is 0.316 e. The van der Waals surface area contributed by atoms with Crippen molar-refractivity contribution in [1.82, 2.24) is 10.6 Å². The van der Waals surface area contributed by atoms with E-state index >= 15 is 0 Å². The molecule has 0 atom stereocenters. The van der Waals surface area contributed by atoms with E-state index in [1.807, 2.05) is 7.05 Å². The van der Waals surface area contributed by atoms with Gasteiger partial charge in [0, 0.05) is 13.1 Å². The van der Waals surface area contributed by atoms with Gasteiger partial charge in [0.05, 0.1) is 5.70 Å². The monoisotopic (exact) mass is 143 g/mol. The zero-order valence-corrected chi connectivity index (χ0v) is 6.35. The molecule has 0 heterocycles. The normalized spacial score (nSPS) is 11.6. The van der Waals surface area contributed by atoms with E-state index in [0.717, 1.165) is 0 Å². The Morgan fingerprint density at radius 2 is 2.20 bits per heavy atom. The molecule has 0 radical (unpaired) electrons. The average molecular weight is 143 g/mol. The standard InChI is InChI=1S/C6H13N3O/c1-7-4-3-6(9-10)5-8-2/h3,7-8H,4-5H2,1-2H3/b6-3+. The minimum atomic E-state index is 0.533. The smallest absolute Gasteiger partial charge is 0.0959 e. The quantitative estimate of drug-likeness (QED) is 0.536. The second-order valence-electron chi connectivity index (χ2n) is 1.87. The molecular weight excluding hydrogens is 130 g/mol. The minimum Gasteiger partial charge on any atom is -0.316 e. The van der Waals surface area contributed by atoms with Crippen LogP contribution in [0, 0.1) is 4.91 Å². The van der Waals surface area contributed by atoms with Crippen molar-refractivity contribution in [3.63, 3.8) is 0 Å². The first kappa shape index (κ1) is 9.26. The summed E-state index contributed by atoms with van der Waals surface area (Å²) in [6.07, 6.45) is 1.75. The molecule has 4 nitrogen and oxygen atoms in total. The predicted molar refractivity (Wildman–Crippen MR) is 41.7 cm³/mol. The maximum Gasteiger partial charge on any atom is 0.0959 e. The Morgan fingerprint density at radius 3 is 2.60 bits per heavy atom. The average Bonchev–Trinajstić information content (AvgIpc) is 1.98. The fourth-order valence-electron chi connectivity index (χ4n) is 0.543. The van der Waals surface area contributed by atoms with Gasteiger partial charge in [-0.2, -0.15) is 0 Å². The van der Waals surface area contributed by atoms with Crippen molar-refractivity contribution in [1.29, 1.82) is 0 Å². The molecule has 4 heteroatoms. The predicted octanol–water partition coefficient (Wildman–Crippen LogP) is 0.0755. The van der Waals surface area contributed by atoms with E-state index in [4.69, 9.17) is 0 Å². The summed E-state index contributed by atoms with van der Waals surface area (Å²) in [5, 5.41) is 8.55. The lowest BCUT2D eigenvalue weighted by atomic mass is 10.4. The summed E-state index contributed by atoms with van der Waals surface area (Å²) in [5.41, 5.74) is 0.539. The van der Waals surface area contributed by atoms with E-state index in [-0.39, 0.29) is 0 Å². The van der Waals surface area contributed by atoms with Crippen molar-refractivity contribution in [3.8, 4) is 0 Å². The van der Waals surface area contributed by atoms with Gasteiger partial charge in [-0.1, -0.05) is 0 Å². The van der Waals surface area contributed by atoms with Crippen molar-refractivity contribution < 1.29 is 0 Å². The van der Waals surface area contributed by atoms with Gasteiger partial charge in [0.25, 0.3) is 0 Å². The van der Waals surface area contributed by atoms with Gasteiger partial charge in [-0.3, -0.25) is 0 Å². The SMILES string of the molecule is CNC/C=C(\CNC)N=O. The molecule has 0 aromatic rings. The maximum absolute atomic E-state index is 10.0. The van der Waals surface area contributed by atoms with Crippen LogP contribution in [0.3, 0.4) is 0 Å². The summed E-state index contributed by atoms with van der Waals surface area (Å²) in [4.78, 5) is 10.0. The van der Waals surface area contributed by atoms with Crippen LogP contribution < -0.4 is 10.6 Å². The molecule has 2 N–H and O–H groups in total. The van der Waals surface area contributed by atoms with Gasteiger partial charge >= 0.3 is 0 Å². The van der Waals surface area contributed by atoms with E-state index < -0.39 is 0 Å². The van der Waals surface area contributed by atoms with Crippen LogP contribution in [0.2, 0.25) is 0 Å². The first-order valence-electron chi connectivity index (χ1n) is 3.16. The molecule has 58 valence electrons. The number of nitrogens with one attached hydrogen (secondary N) is 2. The summed E-state index contributed by atoms with van der Waals surface area (Å²) >= 11 is 0. The molecule has 0 bridgehead atoms. The number of hydrogen-bond donors (Lipinski definition) is 2. The van der Waals surface area contributed by atoms with E-state index in [0.29, 0.717) is 18.8 Å².